The summed E-state index contributed by atoms with van der Waals surface area (Å²) in [6.07, 6.45) is 0.948. The van der Waals surface area contributed by atoms with Crippen LogP contribution in [0.1, 0.15) is 38.4 Å². The molecule has 2 N–H and O–H groups in total. The molecule has 0 aliphatic carbocycles. The van der Waals surface area contributed by atoms with E-state index < -0.39 is 10.0 Å². The first-order chi connectivity index (χ1) is 9.34. The molecule has 0 bridgehead atoms. The Kier molecular flexibility index (Phi) is 6.16. The maximum Gasteiger partial charge on any atom is 0.262 e. The first kappa shape index (κ1) is 17.1. The maximum absolute atomic E-state index is 12.6. The minimum absolute atomic E-state index is 0.141. The summed E-state index contributed by atoms with van der Waals surface area (Å²) >= 11 is 0. The average molecular weight is 302 g/mol. The van der Waals surface area contributed by atoms with Crippen molar-refractivity contribution in [3.63, 3.8) is 0 Å². The van der Waals surface area contributed by atoms with E-state index in [1.807, 2.05) is 20.8 Å². The number of aromatic nitrogens is 2. The topological polar surface area (TPSA) is 78.1 Å². The Hall–Kier alpha value is -0.920. The van der Waals surface area contributed by atoms with Gasteiger partial charge >= 0.3 is 0 Å². The molecule has 0 amide bonds. The fourth-order valence-corrected chi connectivity index (χ4v) is 3.36. The van der Waals surface area contributed by atoms with Crippen LogP contribution in [0.25, 0.3) is 0 Å². The third-order valence-corrected chi connectivity index (χ3v) is 5.30. The number of aryl methyl sites for hydroxylation is 1. The van der Waals surface area contributed by atoms with Crippen LogP contribution in [0.5, 0.6) is 0 Å². The molecule has 1 unspecified atom stereocenters. The Labute approximate surface area is 122 Å². The van der Waals surface area contributed by atoms with Gasteiger partial charge in [0.2, 0.25) is 0 Å². The van der Waals surface area contributed by atoms with E-state index in [1.54, 1.807) is 7.05 Å². The number of H-pyrrole nitrogens is 1. The smallest absolute Gasteiger partial charge is 0.262 e. The predicted octanol–water partition coefficient (Wildman–Crippen LogP) is 1.49. The van der Waals surface area contributed by atoms with E-state index in [4.69, 9.17) is 0 Å². The summed E-state index contributed by atoms with van der Waals surface area (Å²) in [5.41, 5.74) is 1.52. The zero-order valence-corrected chi connectivity index (χ0v) is 13.8. The Morgan fingerprint density at radius 3 is 2.60 bits per heavy atom. The summed E-state index contributed by atoms with van der Waals surface area (Å²) in [7, 11) is -1.92. The Morgan fingerprint density at radius 2 is 2.05 bits per heavy atom. The van der Waals surface area contributed by atoms with E-state index in [-0.39, 0.29) is 5.03 Å². The monoisotopic (exact) mass is 302 g/mol. The third-order valence-electron chi connectivity index (χ3n) is 3.51. The lowest BCUT2D eigenvalue weighted by Crippen LogP contribution is -2.32. The molecule has 0 spiro atoms. The van der Waals surface area contributed by atoms with Gasteiger partial charge in [0.15, 0.2) is 5.03 Å². The number of hydrogen-bond donors (Lipinski definition) is 2. The van der Waals surface area contributed by atoms with Gasteiger partial charge in [0.25, 0.3) is 10.0 Å². The van der Waals surface area contributed by atoms with Crippen molar-refractivity contribution < 1.29 is 8.42 Å². The molecule has 1 heterocycles. The van der Waals surface area contributed by atoms with E-state index in [9.17, 15) is 8.42 Å². The molecule has 0 aromatic carbocycles. The number of aromatic amines is 1. The van der Waals surface area contributed by atoms with Gasteiger partial charge in [-0.1, -0.05) is 27.2 Å². The molecule has 0 saturated carbocycles. The van der Waals surface area contributed by atoms with E-state index in [1.165, 1.54) is 4.31 Å². The summed E-state index contributed by atoms with van der Waals surface area (Å²) in [6.45, 7) is 9.72. The van der Waals surface area contributed by atoms with Crippen LogP contribution in [-0.4, -0.2) is 43.1 Å². The molecular formula is C13H26N4O2S. The van der Waals surface area contributed by atoms with E-state index >= 15 is 0 Å². The van der Waals surface area contributed by atoms with Crippen molar-refractivity contribution in [1.29, 1.82) is 0 Å². The first-order valence-corrected chi connectivity index (χ1v) is 8.49. The second-order valence-electron chi connectivity index (χ2n) is 5.21. The Balaban J connectivity index is 3.03. The highest BCUT2D eigenvalue weighted by Gasteiger charge is 2.28. The molecule has 0 fully saturated rings. The summed E-state index contributed by atoms with van der Waals surface area (Å²) < 4.78 is 26.6. The number of nitrogens with one attached hydrogen (secondary N) is 2. The highest BCUT2D eigenvalue weighted by molar-refractivity contribution is 7.89. The van der Waals surface area contributed by atoms with Gasteiger partial charge in [-0.2, -0.15) is 9.40 Å². The quantitative estimate of drug-likeness (QED) is 0.763. The van der Waals surface area contributed by atoms with Crippen molar-refractivity contribution in [3.05, 3.63) is 11.3 Å². The fourth-order valence-electron chi connectivity index (χ4n) is 1.92. The normalized spacial score (nSPS) is 13.9. The second-order valence-corrected chi connectivity index (χ2v) is 7.17. The SMILES string of the molecule is CCNCc1c(S(=O)(=O)N(C)CC(C)CC)n[nH]c1C. The van der Waals surface area contributed by atoms with Crippen molar-refractivity contribution in [2.24, 2.45) is 5.92 Å². The molecule has 1 rings (SSSR count). The molecule has 1 aromatic rings. The van der Waals surface area contributed by atoms with Crippen molar-refractivity contribution in [3.8, 4) is 0 Å². The van der Waals surface area contributed by atoms with Gasteiger partial charge in [-0.15, -0.1) is 0 Å². The van der Waals surface area contributed by atoms with Gasteiger partial charge in [0.1, 0.15) is 0 Å². The minimum atomic E-state index is -3.53. The zero-order valence-electron chi connectivity index (χ0n) is 13.0. The predicted molar refractivity (Wildman–Crippen MR) is 80.0 cm³/mol. The lowest BCUT2D eigenvalue weighted by molar-refractivity contribution is 0.392. The van der Waals surface area contributed by atoms with E-state index in [0.29, 0.717) is 19.0 Å². The van der Waals surface area contributed by atoms with Crippen LogP contribution in [0, 0.1) is 12.8 Å². The highest BCUT2D eigenvalue weighted by Crippen LogP contribution is 2.20. The molecule has 116 valence electrons. The minimum Gasteiger partial charge on any atom is -0.313 e. The number of sulfonamides is 1. The maximum atomic E-state index is 12.6. The summed E-state index contributed by atoms with van der Waals surface area (Å²) in [5.74, 6) is 0.326. The molecule has 0 aliphatic heterocycles. The van der Waals surface area contributed by atoms with Crippen molar-refractivity contribution in [1.82, 2.24) is 19.8 Å². The molecule has 1 atom stereocenters. The second kappa shape index (κ2) is 7.19. The average Bonchev–Trinajstić information content (AvgIpc) is 2.77. The van der Waals surface area contributed by atoms with Gasteiger partial charge in [0.05, 0.1) is 0 Å². The van der Waals surface area contributed by atoms with Gasteiger partial charge in [0, 0.05) is 31.4 Å². The van der Waals surface area contributed by atoms with Gasteiger partial charge in [-0.25, -0.2) is 8.42 Å². The summed E-state index contributed by atoms with van der Waals surface area (Å²) in [4.78, 5) is 0. The first-order valence-electron chi connectivity index (χ1n) is 7.05. The van der Waals surface area contributed by atoms with Crippen LogP contribution < -0.4 is 5.32 Å². The standard InChI is InChI=1S/C13H26N4O2S/c1-6-10(3)9-17(5)20(18,19)13-12(8-14-7-2)11(4)15-16-13/h10,14H,6-9H2,1-5H3,(H,15,16). The third kappa shape index (κ3) is 3.80. The number of nitrogens with zero attached hydrogens (tertiary/aromatic N) is 2. The number of rotatable bonds is 8. The fraction of sp³-hybridized carbons (Fsp3) is 0.769. The van der Waals surface area contributed by atoms with Gasteiger partial charge in [-0.3, -0.25) is 5.10 Å². The molecule has 6 nitrogen and oxygen atoms in total. The number of hydrogen-bond acceptors (Lipinski definition) is 4. The lowest BCUT2D eigenvalue weighted by Gasteiger charge is -2.20. The van der Waals surface area contributed by atoms with Crippen LogP contribution >= 0.6 is 0 Å². The van der Waals surface area contributed by atoms with E-state index in [2.05, 4.69) is 22.4 Å². The Morgan fingerprint density at radius 1 is 1.40 bits per heavy atom. The lowest BCUT2D eigenvalue weighted by atomic mass is 10.1. The van der Waals surface area contributed by atoms with Crippen LogP contribution in [0.4, 0.5) is 0 Å². The Bertz CT molecular complexity index is 524. The van der Waals surface area contributed by atoms with Crippen LogP contribution in [0.15, 0.2) is 5.03 Å². The molecule has 7 heteroatoms. The zero-order chi connectivity index (χ0) is 15.3. The molecular weight excluding hydrogens is 276 g/mol. The molecule has 0 radical (unpaired) electrons. The van der Waals surface area contributed by atoms with Crippen molar-refractivity contribution in [2.75, 3.05) is 20.1 Å². The van der Waals surface area contributed by atoms with Crippen LogP contribution in [0.3, 0.4) is 0 Å². The van der Waals surface area contributed by atoms with E-state index in [0.717, 1.165) is 24.2 Å². The van der Waals surface area contributed by atoms with Gasteiger partial charge < -0.3 is 5.32 Å². The largest absolute Gasteiger partial charge is 0.313 e. The summed E-state index contributed by atoms with van der Waals surface area (Å²) in [5, 5.41) is 10.1. The summed E-state index contributed by atoms with van der Waals surface area (Å²) in [6, 6.07) is 0. The van der Waals surface area contributed by atoms with Crippen molar-refractivity contribution >= 4 is 10.0 Å². The molecule has 0 saturated heterocycles. The van der Waals surface area contributed by atoms with Gasteiger partial charge in [-0.05, 0) is 19.4 Å². The molecule has 20 heavy (non-hydrogen) atoms. The van der Waals surface area contributed by atoms with Crippen LogP contribution in [0.2, 0.25) is 0 Å². The highest BCUT2D eigenvalue weighted by atomic mass is 32.2. The van der Waals surface area contributed by atoms with Crippen molar-refractivity contribution in [2.45, 2.75) is 45.7 Å². The molecule has 0 aliphatic rings. The molecule has 1 aromatic heterocycles. The van der Waals surface area contributed by atoms with Crippen LogP contribution in [-0.2, 0) is 16.6 Å².